The molecule has 1 radical (unpaired) electrons. The first-order valence-corrected chi connectivity index (χ1v) is 4.63. The molecule has 1 unspecified atom stereocenters. The van der Waals surface area contributed by atoms with Crippen molar-refractivity contribution in [1.29, 1.82) is 0 Å². The molecule has 13 heavy (non-hydrogen) atoms. The van der Waals surface area contributed by atoms with Gasteiger partial charge in [0.25, 0.3) is 0 Å². The molecule has 1 heterocycles. The molecule has 0 aromatic carbocycles. The van der Waals surface area contributed by atoms with Gasteiger partial charge in [-0.25, -0.2) is 0 Å². The number of nitrogens with one attached hydrogen (secondary N) is 1. The largest absolute Gasteiger partial charge is 0.368 e. The van der Waals surface area contributed by atoms with Crippen LogP contribution in [0, 0.1) is 5.92 Å². The maximum atomic E-state index is 10.9. The molecule has 1 rings (SSSR count). The molecule has 0 aliphatic carbocycles. The number of amides is 1. The Hall–Kier alpha value is -0.610. The Labute approximate surface area is 79.5 Å². The topological polar surface area (TPSA) is 58.4 Å². The summed E-state index contributed by atoms with van der Waals surface area (Å²) in [5.41, 5.74) is 5.23. The van der Waals surface area contributed by atoms with Crippen LogP contribution in [-0.2, 0) is 4.79 Å². The summed E-state index contributed by atoms with van der Waals surface area (Å²) in [7, 11) is 0. The number of hydrogen-bond acceptors (Lipinski definition) is 3. The lowest BCUT2D eigenvalue weighted by Crippen LogP contribution is -2.56. The Bertz CT molecular complexity index is 182. The van der Waals surface area contributed by atoms with E-state index >= 15 is 0 Å². The smallest absolute Gasteiger partial charge is 0.235 e. The van der Waals surface area contributed by atoms with Gasteiger partial charge in [-0.15, -0.1) is 0 Å². The second kappa shape index (κ2) is 4.58. The van der Waals surface area contributed by atoms with E-state index in [-0.39, 0.29) is 11.9 Å². The van der Waals surface area contributed by atoms with Crippen LogP contribution in [0.15, 0.2) is 0 Å². The maximum absolute atomic E-state index is 10.9. The van der Waals surface area contributed by atoms with Crippen LogP contribution in [0.4, 0.5) is 0 Å². The normalized spacial score (nSPS) is 25.0. The van der Waals surface area contributed by atoms with E-state index in [0.717, 1.165) is 26.2 Å². The second-order valence-corrected chi connectivity index (χ2v) is 3.85. The fraction of sp³-hybridized carbons (Fsp3) is 0.778. The zero-order valence-electron chi connectivity index (χ0n) is 8.34. The third kappa shape index (κ3) is 3.32. The van der Waals surface area contributed by atoms with Crippen molar-refractivity contribution >= 4 is 5.91 Å². The van der Waals surface area contributed by atoms with Gasteiger partial charge in [-0.2, -0.15) is 0 Å². The third-order valence-corrected chi connectivity index (χ3v) is 2.14. The molecule has 1 amide bonds. The molecule has 4 heteroatoms. The molecular weight excluding hydrogens is 166 g/mol. The van der Waals surface area contributed by atoms with Gasteiger partial charge in [0.15, 0.2) is 0 Å². The van der Waals surface area contributed by atoms with Crippen LogP contribution in [0.25, 0.3) is 0 Å². The third-order valence-electron chi connectivity index (χ3n) is 2.14. The number of carbonyl (C=O) groups is 1. The molecule has 75 valence electrons. The average Bonchev–Trinajstić information content (AvgIpc) is 2.03. The standard InChI is InChI=1S/C9H18N3O/c1-7(2)5-12-4-3-11-8(6-12)9(10)13/h8,11H,3-6H2,1-2H3,(H2,10,13). The lowest BCUT2D eigenvalue weighted by molar-refractivity contribution is -0.121. The minimum Gasteiger partial charge on any atom is -0.368 e. The second-order valence-electron chi connectivity index (χ2n) is 3.85. The predicted molar refractivity (Wildman–Crippen MR) is 52.0 cm³/mol. The van der Waals surface area contributed by atoms with E-state index in [0.29, 0.717) is 0 Å². The summed E-state index contributed by atoms with van der Waals surface area (Å²) in [6.07, 6.45) is 0. The Morgan fingerprint density at radius 1 is 1.62 bits per heavy atom. The Morgan fingerprint density at radius 2 is 2.31 bits per heavy atom. The van der Waals surface area contributed by atoms with Crippen LogP contribution >= 0.6 is 0 Å². The molecule has 1 atom stereocenters. The summed E-state index contributed by atoms with van der Waals surface area (Å²) < 4.78 is 0. The molecule has 0 spiro atoms. The van der Waals surface area contributed by atoms with Crippen LogP contribution in [0.5, 0.6) is 0 Å². The molecular formula is C9H18N3O. The zero-order valence-corrected chi connectivity index (χ0v) is 8.34. The highest BCUT2D eigenvalue weighted by Gasteiger charge is 2.23. The van der Waals surface area contributed by atoms with E-state index in [1.807, 2.05) is 0 Å². The molecule has 1 fully saturated rings. The van der Waals surface area contributed by atoms with Crippen molar-refractivity contribution < 1.29 is 4.79 Å². The fourth-order valence-corrected chi connectivity index (χ4v) is 1.59. The zero-order chi connectivity index (χ0) is 9.84. The number of carbonyl (C=O) groups excluding carboxylic acids is 1. The van der Waals surface area contributed by atoms with Crippen molar-refractivity contribution in [2.45, 2.75) is 19.9 Å². The van der Waals surface area contributed by atoms with Crippen molar-refractivity contribution in [3.8, 4) is 0 Å². The van der Waals surface area contributed by atoms with Gasteiger partial charge in [-0.3, -0.25) is 9.69 Å². The highest BCUT2D eigenvalue weighted by atomic mass is 16.1. The predicted octanol–water partition coefficient (Wildman–Crippen LogP) is -0.640. The first-order chi connectivity index (χ1) is 6.09. The Kier molecular flexibility index (Phi) is 3.69. The van der Waals surface area contributed by atoms with Crippen molar-refractivity contribution in [3.63, 3.8) is 0 Å². The molecule has 1 aliphatic rings. The number of nitrogens with two attached hydrogens (primary N) is 1. The molecule has 0 aromatic rings. The van der Waals surface area contributed by atoms with E-state index in [9.17, 15) is 4.79 Å². The summed E-state index contributed by atoms with van der Waals surface area (Å²) in [5, 5.41) is 3.10. The van der Waals surface area contributed by atoms with Crippen molar-refractivity contribution in [2.75, 3.05) is 26.2 Å². The van der Waals surface area contributed by atoms with Crippen LogP contribution in [0.3, 0.4) is 0 Å². The first kappa shape index (κ1) is 10.5. The lowest BCUT2D eigenvalue weighted by atomic mass is 10.1. The minimum atomic E-state index is -0.251. The van der Waals surface area contributed by atoms with Gasteiger partial charge >= 0.3 is 0 Å². The SMILES string of the molecule is C[C](C)CN1CCNC(C(N)=O)C1. The summed E-state index contributed by atoms with van der Waals surface area (Å²) in [6, 6.07) is -0.173. The van der Waals surface area contributed by atoms with Gasteiger partial charge in [-0.05, 0) is 5.92 Å². The Balaban J connectivity index is 2.37. The number of primary amides is 1. The summed E-state index contributed by atoms with van der Waals surface area (Å²) >= 11 is 0. The summed E-state index contributed by atoms with van der Waals surface area (Å²) in [6.45, 7) is 7.74. The lowest BCUT2D eigenvalue weighted by Gasteiger charge is -2.32. The van der Waals surface area contributed by atoms with Crippen LogP contribution in [0.2, 0.25) is 0 Å². The van der Waals surface area contributed by atoms with E-state index < -0.39 is 0 Å². The van der Waals surface area contributed by atoms with Crippen LogP contribution < -0.4 is 11.1 Å². The van der Waals surface area contributed by atoms with E-state index in [1.165, 1.54) is 5.92 Å². The first-order valence-electron chi connectivity index (χ1n) is 4.63. The van der Waals surface area contributed by atoms with Gasteiger partial charge in [0.2, 0.25) is 5.91 Å². The highest BCUT2D eigenvalue weighted by molar-refractivity contribution is 5.80. The fourth-order valence-electron chi connectivity index (χ4n) is 1.59. The van der Waals surface area contributed by atoms with E-state index in [1.54, 1.807) is 0 Å². The van der Waals surface area contributed by atoms with Crippen molar-refractivity contribution in [2.24, 2.45) is 5.73 Å². The number of nitrogens with zero attached hydrogens (tertiary/aromatic N) is 1. The van der Waals surface area contributed by atoms with Gasteiger partial charge in [0.05, 0.1) is 6.04 Å². The molecule has 4 nitrogen and oxygen atoms in total. The van der Waals surface area contributed by atoms with Gasteiger partial charge in [-0.1, -0.05) is 13.8 Å². The highest BCUT2D eigenvalue weighted by Crippen LogP contribution is 2.04. The van der Waals surface area contributed by atoms with Crippen LogP contribution in [0.1, 0.15) is 13.8 Å². The number of piperazine rings is 1. The van der Waals surface area contributed by atoms with Gasteiger partial charge < -0.3 is 11.1 Å². The van der Waals surface area contributed by atoms with Gasteiger partial charge in [0.1, 0.15) is 0 Å². The average molecular weight is 184 g/mol. The van der Waals surface area contributed by atoms with Gasteiger partial charge in [0, 0.05) is 26.2 Å². The van der Waals surface area contributed by atoms with Crippen molar-refractivity contribution in [1.82, 2.24) is 10.2 Å². The summed E-state index contributed by atoms with van der Waals surface area (Å²) in [4.78, 5) is 13.2. The monoisotopic (exact) mass is 184 g/mol. The number of rotatable bonds is 3. The Morgan fingerprint density at radius 3 is 2.85 bits per heavy atom. The molecule has 3 N–H and O–H groups in total. The number of hydrogen-bond donors (Lipinski definition) is 2. The minimum absolute atomic E-state index is 0.173. The molecule has 1 saturated heterocycles. The van der Waals surface area contributed by atoms with Crippen molar-refractivity contribution in [3.05, 3.63) is 5.92 Å². The van der Waals surface area contributed by atoms with Crippen LogP contribution in [-0.4, -0.2) is 43.0 Å². The molecule has 0 aromatic heterocycles. The van der Waals surface area contributed by atoms with E-state index in [4.69, 9.17) is 5.73 Å². The summed E-state index contributed by atoms with van der Waals surface area (Å²) in [5.74, 6) is 1.11. The maximum Gasteiger partial charge on any atom is 0.235 e. The quantitative estimate of drug-likeness (QED) is 0.613. The molecule has 0 bridgehead atoms. The van der Waals surface area contributed by atoms with E-state index in [2.05, 4.69) is 24.1 Å². The molecule has 0 saturated carbocycles. The molecule has 1 aliphatic heterocycles.